The number of esters is 3. The van der Waals surface area contributed by atoms with Crippen molar-refractivity contribution in [2.45, 2.75) is 348 Å². The van der Waals surface area contributed by atoms with Gasteiger partial charge in [0.25, 0.3) is 0 Å². The molecule has 0 spiro atoms. The summed E-state index contributed by atoms with van der Waals surface area (Å²) in [5, 5.41) is 0. The van der Waals surface area contributed by atoms with Gasteiger partial charge in [-0.15, -0.1) is 0 Å². The number of rotatable bonds is 61. The number of unbranched alkanes of at least 4 members (excludes halogenated alkanes) is 38. The molecule has 0 aromatic heterocycles. The smallest absolute Gasteiger partial charge is 0.306 e. The average molecular weight is 1080 g/mol. The van der Waals surface area contributed by atoms with Gasteiger partial charge >= 0.3 is 17.9 Å². The van der Waals surface area contributed by atoms with Crippen LogP contribution in [0.2, 0.25) is 0 Å². The molecule has 0 aliphatic rings. The molecule has 77 heavy (non-hydrogen) atoms. The third kappa shape index (κ3) is 63.6. The van der Waals surface area contributed by atoms with Gasteiger partial charge in [-0.2, -0.15) is 0 Å². The minimum Gasteiger partial charge on any atom is -0.462 e. The van der Waals surface area contributed by atoms with Crippen LogP contribution in [0.5, 0.6) is 0 Å². The van der Waals surface area contributed by atoms with E-state index < -0.39 is 6.10 Å². The summed E-state index contributed by atoms with van der Waals surface area (Å²) in [5.41, 5.74) is 0. The zero-order chi connectivity index (χ0) is 55.7. The molecule has 0 fully saturated rings. The first kappa shape index (κ1) is 73.8. The average Bonchev–Trinajstić information content (AvgIpc) is 3.43. The maximum Gasteiger partial charge on any atom is 0.306 e. The number of hydrogen-bond donors (Lipinski definition) is 0. The summed E-state index contributed by atoms with van der Waals surface area (Å²) in [5.74, 6) is -0.881. The quantitative estimate of drug-likeness (QED) is 0.0261. The van der Waals surface area contributed by atoms with Gasteiger partial charge < -0.3 is 14.2 Å². The van der Waals surface area contributed by atoms with Gasteiger partial charge in [0.1, 0.15) is 13.2 Å². The summed E-state index contributed by atoms with van der Waals surface area (Å²) < 4.78 is 16.8. The first-order valence-electron chi connectivity index (χ1n) is 33.4. The lowest BCUT2D eigenvalue weighted by Crippen LogP contribution is -2.30. The fraction of sp³-hybridized carbons (Fsp3) is 0.789. The summed E-state index contributed by atoms with van der Waals surface area (Å²) in [6.07, 6.45) is 85.5. The van der Waals surface area contributed by atoms with E-state index in [9.17, 15) is 14.4 Å². The monoisotopic (exact) mass is 1070 g/mol. The zero-order valence-electron chi connectivity index (χ0n) is 51.2. The number of hydrogen-bond acceptors (Lipinski definition) is 6. The van der Waals surface area contributed by atoms with Crippen LogP contribution in [0.4, 0.5) is 0 Å². The molecule has 0 amide bonds. The van der Waals surface area contributed by atoms with Crippen molar-refractivity contribution in [3.05, 3.63) is 72.9 Å². The van der Waals surface area contributed by atoms with Crippen molar-refractivity contribution in [2.24, 2.45) is 0 Å². The van der Waals surface area contributed by atoms with Crippen molar-refractivity contribution < 1.29 is 28.6 Å². The molecule has 1 atom stereocenters. The van der Waals surface area contributed by atoms with Crippen LogP contribution < -0.4 is 0 Å². The Kier molecular flexibility index (Phi) is 62.7. The number of allylic oxidation sites excluding steroid dienone is 12. The third-order valence-corrected chi connectivity index (χ3v) is 14.7. The lowest BCUT2D eigenvalue weighted by molar-refractivity contribution is -0.167. The standard InChI is InChI=1S/C71H126O6/c1-4-7-10-13-15-17-19-21-23-25-27-29-31-33-34-35-36-38-39-41-43-45-47-49-51-53-55-58-61-64-70(73)76-67-68(66-75-69(72)63-60-57-12-9-6-3)77-71(74)65-62-59-56-54-52-50-48-46-44-42-40-37-32-30-28-26-24-22-20-18-16-14-11-8-5-2/h8,11,16,18,22,24-25,27-28,30,37,40,68H,4-7,9-10,12-15,17,19-21,23,26,29,31-36,38-39,41-67H2,1-3H3/b11-8-,18-16-,24-22-,27-25-,30-28-,40-37-. The minimum atomic E-state index is -0.775. The van der Waals surface area contributed by atoms with E-state index in [0.29, 0.717) is 19.3 Å². The van der Waals surface area contributed by atoms with E-state index in [-0.39, 0.29) is 31.1 Å². The topological polar surface area (TPSA) is 78.9 Å². The highest BCUT2D eigenvalue weighted by Gasteiger charge is 2.19. The predicted octanol–water partition coefficient (Wildman–Crippen LogP) is 22.9. The van der Waals surface area contributed by atoms with Crippen LogP contribution in [-0.2, 0) is 28.6 Å². The minimum absolute atomic E-state index is 0.0750. The highest BCUT2D eigenvalue weighted by molar-refractivity contribution is 5.71. The third-order valence-electron chi connectivity index (χ3n) is 14.7. The van der Waals surface area contributed by atoms with Crippen molar-refractivity contribution in [1.82, 2.24) is 0 Å². The maximum atomic E-state index is 12.8. The Balaban J connectivity index is 3.99. The van der Waals surface area contributed by atoms with Crippen LogP contribution in [0.15, 0.2) is 72.9 Å². The molecule has 6 nitrogen and oxygen atoms in total. The molecule has 0 saturated carbocycles. The molecule has 0 aliphatic carbocycles. The maximum absolute atomic E-state index is 12.8. The summed E-state index contributed by atoms with van der Waals surface area (Å²) in [6.45, 7) is 6.48. The fourth-order valence-electron chi connectivity index (χ4n) is 9.70. The van der Waals surface area contributed by atoms with Gasteiger partial charge in [-0.3, -0.25) is 14.4 Å². The second-order valence-electron chi connectivity index (χ2n) is 22.4. The highest BCUT2D eigenvalue weighted by Crippen LogP contribution is 2.17. The SMILES string of the molecule is CC/C=C\C/C=C\C/C=C\C/C=C\C/C=C\CCCCCCCCCCCC(=O)OC(COC(=O)CCCCCCC)COC(=O)CCCCCCCCCCCCCCCCCCC/C=C\CCCCCCCCCC. The Hall–Kier alpha value is -3.15. The molecule has 0 rings (SSSR count). The Bertz CT molecular complexity index is 1420. The first-order chi connectivity index (χ1) is 38.0. The lowest BCUT2D eigenvalue weighted by Gasteiger charge is -2.18. The Morgan fingerprint density at radius 1 is 0.273 bits per heavy atom. The molecule has 446 valence electrons. The van der Waals surface area contributed by atoms with E-state index in [2.05, 4.69) is 93.7 Å². The van der Waals surface area contributed by atoms with E-state index in [0.717, 1.165) is 103 Å². The molecule has 0 saturated heterocycles. The normalized spacial score (nSPS) is 12.5. The van der Waals surface area contributed by atoms with Gasteiger partial charge in [0.05, 0.1) is 0 Å². The summed E-state index contributed by atoms with van der Waals surface area (Å²) in [7, 11) is 0. The molecular weight excluding hydrogens is 949 g/mol. The van der Waals surface area contributed by atoms with E-state index >= 15 is 0 Å². The molecule has 1 unspecified atom stereocenters. The van der Waals surface area contributed by atoms with Crippen molar-refractivity contribution in [1.29, 1.82) is 0 Å². The van der Waals surface area contributed by atoms with Crippen LogP contribution in [0, 0.1) is 0 Å². The number of ether oxygens (including phenoxy) is 3. The van der Waals surface area contributed by atoms with Crippen molar-refractivity contribution in [3.63, 3.8) is 0 Å². The van der Waals surface area contributed by atoms with Crippen molar-refractivity contribution in [3.8, 4) is 0 Å². The molecular formula is C71H126O6. The highest BCUT2D eigenvalue weighted by atomic mass is 16.6. The zero-order valence-corrected chi connectivity index (χ0v) is 51.2. The van der Waals surface area contributed by atoms with E-state index in [1.54, 1.807) is 0 Å². The van der Waals surface area contributed by atoms with Crippen LogP contribution in [0.3, 0.4) is 0 Å². The van der Waals surface area contributed by atoms with Gasteiger partial charge in [-0.25, -0.2) is 0 Å². The molecule has 6 heteroatoms. The van der Waals surface area contributed by atoms with Crippen LogP contribution in [0.1, 0.15) is 342 Å². The van der Waals surface area contributed by atoms with Crippen molar-refractivity contribution in [2.75, 3.05) is 13.2 Å². The summed E-state index contributed by atoms with van der Waals surface area (Å²) >= 11 is 0. The molecule has 0 aliphatic heterocycles. The van der Waals surface area contributed by atoms with Crippen LogP contribution in [-0.4, -0.2) is 37.2 Å². The molecule has 0 N–H and O–H groups in total. The van der Waals surface area contributed by atoms with Gasteiger partial charge in [-0.1, -0.05) is 306 Å². The first-order valence-corrected chi connectivity index (χ1v) is 33.4. The van der Waals surface area contributed by atoms with E-state index in [1.807, 2.05) is 0 Å². The Morgan fingerprint density at radius 3 is 0.805 bits per heavy atom. The van der Waals surface area contributed by atoms with E-state index in [1.165, 1.54) is 199 Å². The van der Waals surface area contributed by atoms with Crippen LogP contribution in [0.25, 0.3) is 0 Å². The van der Waals surface area contributed by atoms with Gasteiger partial charge in [0.2, 0.25) is 0 Å². The largest absolute Gasteiger partial charge is 0.462 e. The van der Waals surface area contributed by atoms with Gasteiger partial charge in [-0.05, 0) is 89.9 Å². The number of carbonyl (C=O) groups is 3. The lowest BCUT2D eigenvalue weighted by atomic mass is 10.0. The van der Waals surface area contributed by atoms with Gasteiger partial charge in [0, 0.05) is 19.3 Å². The summed E-state index contributed by atoms with van der Waals surface area (Å²) in [6, 6.07) is 0. The van der Waals surface area contributed by atoms with Gasteiger partial charge in [0.15, 0.2) is 6.10 Å². The fourth-order valence-corrected chi connectivity index (χ4v) is 9.70. The predicted molar refractivity (Wildman–Crippen MR) is 335 cm³/mol. The molecule has 0 bridgehead atoms. The molecule has 0 aromatic rings. The Labute approximate surface area is 478 Å². The number of carbonyl (C=O) groups excluding carboxylic acids is 3. The molecule has 0 heterocycles. The molecule has 0 aromatic carbocycles. The second-order valence-corrected chi connectivity index (χ2v) is 22.4. The second kappa shape index (κ2) is 65.4. The van der Waals surface area contributed by atoms with E-state index in [4.69, 9.17) is 14.2 Å². The van der Waals surface area contributed by atoms with Crippen molar-refractivity contribution >= 4 is 17.9 Å². The Morgan fingerprint density at radius 2 is 0.506 bits per heavy atom. The summed E-state index contributed by atoms with van der Waals surface area (Å²) in [4.78, 5) is 38.0. The molecule has 0 radical (unpaired) electrons. The van der Waals surface area contributed by atoms with Crippen LogP contribution >= 0.6 is 0 Å².